The van der Waals surface area contributed by atoms with Gasteiger partial charge in [0.2, 0.25) is 0 Å². The fraction of sp³-hybridized carbons (Fsp3) is 0.529. The minimum atomic E-state index is -0.265. The summed E-state index contributed by atoms with van der Waals surface area (Å²) in [5.74, 6) is 0.00528. The molecule has 1 aliphatic rings. The summed E-state index contributed by atoms with van der Waals surface area (Å²) < 4.78 is 5.21. The molecule has 1 saturated heterocycles. The van der Waals surface area contributed by atoms with Gasteiger partial charge in [0.15, 0.2) is 0 Å². The third-order valence-electron chi connectivity index (χ3n) is 3.94. The van der Waals surface area contributed by atoms with E-state index < -0.39 is 0 Å². The van der Waals surface area contributed by atoms with E-state index in [0.717, 1.165) is 19.3 Å². The lowest BCUT2D eigenvalue weighted by Gasteiger charge is -2.16. The second-order valence-electron chi connectivity index (χ2n) is 5.94. The maximum Gasteiger partial charge on any atom is 0.409 e. The summed E-state index contributed by atoms with van der Waals surface area (Å²) in [6.07, 6.45) is 2.45. The predicted molar refractivity (Wildman–Crippen MR) is 94.7 cm³/mol. The van der Waals surface area contributed by atoms with Gasteiger partial charge in [-0.1, -0.05) is 36.5 Å². The van der Waals surface area contributed by atoms with Gasteiger partial charge in [-0.3, -0.25) is 4.79 Å². The predicted octanol–water partition coefficient (Wildman–Crippen LogP) is 3.98. The number of nitrogens with one attached hydrogen (secondary N) is 1. The highest BCUT2D eigenvalue weighted by molar-refractivity contribution is 6.35. The van der Waals surface area contributed by atoms with Gasteiger partial charge in [0.1, 0.15) is 0 Å². The smallest absolute Gasteiger partial charge is 0.409 e. The Morgan fingerprint density at radius 3 is 2.67 bits per heavy atom. The molecular weight excluding hydrogens is 351 g/mol. The van der Waals surface area contributed by atoms with Crippen molar-refractivity contribution in [1.29, 1.82) is 0 Å². The molecule has 1 aliphatic heterocycles. The number of hydrogen-bond acceptors (Lipinski definition) is 3. The molecule has 1 heterocycles. The molecule has 1 aromatic rings. The number of hydrogen-bond donors (Lipinski definition) is 1. The lowest BCUT2D eigenvalue weighted by Crippen LogP contribution is -2.33. The second kappa shape index (κ2) is 9.14. The van der Waals surface area contributed by atoms with Crippen LogP contribution in [-0.2, 0) is 4.74 Å². The van der Waals surface area contributed by atoms with Crippen molar-refractivity contribution in [3.05, 3.63) is 33.8 Å². The number of amides is 2. The minimum absolute atomic E-state index is 0.219. The average Bonchev–Trinajstić information content (AvgIpc) is 3.01. The third kappa shape index (κ3) is 5.56. The van der Waals surface area contributed by atoms with Crippen molar-refractivity contribution in [2.75, 3.05) is 26.2 Å². The molecular formula is C17H22Cl2N2O3. The van der Waals surface area contributed by atoms with Crippen LogP contribution in [0.15, 0.2) is 18.2 Å². The van der Waals surface area contributed by atoms with Crippen molar-refractivity contribution in [1.82, 2.24) is 10.2 Å². The van der Waals surface area contributed by atoms with Gasteiger partial charge in [-0.25, -0.2) is 4.79 Å². The molecule has 7 heteroatoms. The molecule has 2 rings (SSSR count). The lowest BCUT2D eigenvalue weighted by atomic mass is 10.1. The summed E-state index contributed by atoms with van der Waals surface area (Å²) in [4.78, 5) is 25.7. The highest BCUT2D eigenvalue weighted by Crippen LogP contribution is 2.20. The van der Waals surface area contributed by atoms with Gasteiger partial charge in [0.05, 0.1) is 6.61 Å². The van der Waals surface area contributed by atoms with Gasteiger partial charge in [-0.05, 0) is 37.0 Å². The normalized spacial score (nSPS) is 17.0. The van der Waals surface area contributed by atoms with Crippen LogP contribution in [0.2, 0.25) is 10.0 Å². The largest absolute Gasteiger partial charge is 0.449 e. The van der Waals surface area contributed by atoms with Crippen LogP contribution in [-0.4, -0.2) is 43.1 Å². The number of rotatable bonds is 6. The maximum absolute atomic E-state index is 12.2. The Balaban J connectivity index is 1.77. The molecule has 0 bridgehead atoms. The van der Waals surface area contributed by atoms with Crippen molar-refractivity contribution in [3.63, 3.8) is 0 Å². The molecule has 1 fully saturated rings. The first kappa shape index (κ1) is 18.9. The molecule has 0 saturated carbocycles. The molecule has 5 nitrogen and oxygen atoms in total. The lowest BCUT2D eigenvalue weighted by molar-refractivity contribution is 0.0946. The van der Waals surface area contributed by atoms with E-state index in [1.54, 1.807) is 23.1 Å². The van der Waals surface area contributed by atoms with Gasteiger partial charge in [0.25, 0.3) is 5.91 Å². The van der Waals surface area contributed by atoms with E-state index in [1.165, 1.54) is 0 Å². The molecule has 1 N–H and O–H groups in total. The van der Waals surface area contributed by atoms with Gasteiger partial charge < -0.3 is 15.0 Å². The van der Waals surface area contributed by atoms with Crippen molar-refractivity contribution in [2.24, 2.45) is 5.92 Å². The minimum Gasteiger partial charge on any atom is -0.449 e. The van der Waals surface area contributed by atoms with Crippen molar-refractivity contribution < 1.29 is 14.3 Å². The molecule has 2 amide bonds. The second-order valence-corrected chi connectivity index (χ2v) is 6.81. The number of nitrogens with zero attached hydrogens (tertiary/aromatic N) is 1. The Morgan fingerprint density at radius 1 is 1.29 bits per heavy atom. The number of unbranched alkanes of at least 4 members (excludes halogenated alkanes) is 1. The fourth-order valence-corrected chi connectivity index (χ4v) is 3.11. The first-order valence-corrected chi connectivity index (χ1v) is 8.91. The van der Waals surface area contributed by atoms with Gasteiger partial charge in [-0.2, -0.15) is 0 Å². The van der Waals surface area contributed by atoms with Crippen LogP contribution in [0.1, 0.15) is 36.5 Å². The fourth-order valence-electron chi connectivity index (χ4n) is 2.58. The first-order chi connectivity index (χ1) is 11.5. The highest BCUT2D eigenvalue weighted by atomic mass is 35.5. The summed E-state index contributed by atoms with van der Waals surface area (Å²) in [6, 6.07) is 4.74. The average molecular weight is 373 g/mol. The van der Waals surface area contributed by atoms with Gasteiger partial charge >= 0.3 is 6.09 Å². The number of benzene rings is 1. The van der Waals surface area contributed by atoms with E-state index in [-0.39, 0.29) is 17.9 Å². The monoisotopic (exact) mass is 372 g/mol. The molecule has 132 valence electrons. The van der Waals surface area contributed by atoms with E-state index in [4.69, 9.17) is 27.9 Å². The summed E-state index contributed by atoms with van der Waals surface area (Å²) in [5, 5.41) is 3.72. The summed E-state index contributed by atoms with van der Waals surface area (Å²) in [7, 11) is 0. The molecule has 0 aromatic heterocycles. The quantitative estimate of drug-likeness (QED) is 0.768. The van der Waals surface area contributed by atoms with Crippen LogP contribution in [0.4, 0.5) is 4.79 Å². The number of halogens is 2. The van der Waals surface area contributed by atoms with Crippen molar-refractivity contribution in [3.8, 4) is 0 Å². The number of likely N-dealkylation sites (tertiary alicyclic amines) is 1. The maximum atomic E-state index is 12.2. The molecule has 24 heavy (non-hydrogen) atoms. The molecule has 1 unspecified atom stereocenters. The topological polar surface area (TPSA) is 58.6 Å². The van der Waals surface area contributed by atoms with Crippen molar-refractivity contribution >= 4 is 35.2 Å². The van der Waals surface area contributed by atoms with E-state index in [0.29, 0.717) is 41.8 Å². The van der Waals surface area contributed by atoms with Crippen LogP contribution in [0.25, 0.3) is 0 Å². The van der Waals surface area contributed by atoms with Crippen LogP contribution in [0.3, 0.4) is 0 Å². The first-order valence-electron chi connectivity index (χ1n) is 8.15. The SMILES string of the molecule is CCCCOC(=O)N1CCC(CNC(=O)c2cc(Cl)cc(Cl)c2)C1. The molecule has 0 aliphatic carbocycles. The van der Waals surface area contributed by atoms with Crippen LogP contribution < -0.4 is 5.32 Å². The Kier molecular flexibility index (Phi) is 7.18. The molecule has 1 aromatic carbocycles. The Labute approximate surface area is 152 Å². The van der Waals surface area contributed by atoms with Gasteiger partial charge in [-0.15, -0.1) is 0 Å². The van der Waals surface area contributed by atoms with E-state index in [9.17, 15) is 9.59 Å². The summed E-state index contributed by atoms with van der Waals surface area (Å²) in [6.45, 7) is 4.27. The zero-order valence-corrected chi connectivity index (χ0v) is 15.2. The van der Waals surface area contributed by atoms with Gasteiger partial charge in [0, 0.05) is 35.2 Å². The zero-order chi connectivity index (χ0) is 17.5. The standard InChI is InChI=1S/C17H22Cl2N2O3/c1-2-3-6-24-17(23)21-5-4-12(11-21)10-20-16(22)13-7-14(18)9-15(19)8-13/h7-9,12H,2-6,10-11H2,1H3,(H,20,22). The van der Waals surface area contributed by atoms with Crippen LogP contribution in [0.5, 0.6) is 0 Å². The van der Waals surface area contributed by atoms with Crippen LogP contribution >= 0.6 is 23.2 Å². The van der Waals surface area contributed by atoms with E-state index in [2.05, 4.69) is 12.2 Å². The summed E-state index contributed by atoms with van der Waals surface area (Å²) in [5.41, 5.74) is 0.432. The molecule has 0 radical (unpaired) electrons. The van der Waals surface area contributed by atoms with E-state index >= 15 is 0 Å². The highest BCUT2D eigenvalue weighted by Gasteiger charge is 2.27. The third-order valence-corrected chi connectivity index (χ3v) is 4.38. The Morgan fingerprint density at radius 2 is 2.00 bits per heavy atom. The zero-order valence-electron chi connectivity index (χ0n) is 13.7. The van der Waals surface area contributed by atoms with Crippen molar-refractivity contribution in [2.45, 2.75) is 26.2 Å². The Bertz CT molecular complexity index is 575. The Hall–Kier alpha value is -1.46. The van der Waals surface area contributed by atoms with Crippen LogP contribution in [0, 0.1) is 5.92 Å². The van der Waals surface area contributed by atoms with E-state index in [1.807, 2.05) is 0 Å². The number of ether oxygens (including phenoxy) is 1. The molecule has 0 spiro atoms. The summed E-state index contributed by atoms with van der Waals surface area (Å²) >= 11 is 11.8. The molecule has 1 atom stereocenters. The number of carbonyl (C=O) groups excluding carboxylic acids is 2. The number of carbonyl (C=O) groups is 2.